The molecule has 1 aromatic carbocycles. The predicted molar refractivity (Wildman–Crippen MR) is 133 cm³/mol. The molecular formula is C24H26N6O3S. The highest BCUT2D eigenvalue weighted by Crippen LogP contribution is 2.29. The Morgan fingerprint density at radius 2 is 2.09 bits per heavy atom. The monoisotopic (exact) mass is 478 g/mol. The zero-order chi connectivity index (χ0) is 23.9. The first-order chi connectivity index (χ1) is 16.3. The first kappa shape index (κ1) is 22.1. The number of hydrogen-bond donors (Lipinski definition) is 3. The Labute approximate surface area is 196 Å². The number of nitrogens with one attached hydrogen (secondary N) is 3. The van der Waals surface area contributed by atoms with E-state index in [1.807, 2.05) is 37.3 Å². The molecule has 5 rings (SSSR count). The van der Waals surface area contributed by atoms with Gasteiger partial charge in [-0.2, -0.15) is 9.61 Å². The van der Waals surface area contributed by atoms with Gasteiger partial charge in [-0.05, 0) is 37.0 Å². The number of aromatic amines is 2. The quantitative estimate of drug-likeness (QED) is 0.353. The van der Waals surface area contributed by atoms with Gasteiger partial charge in [-0.1, -0.05) is 31.7 Å². The molecule has 0 radical (unpaired) electrons. The van der Waals surface area contributed by atoms with Crippen molar-refractivity contribution in [3.63, 3.8) is 0 Å². The van der Waals surface area contributed by atoms with Crippen molar-refractivity contribution in [1.82, 2.24) is 24.6 Å². The van der Waals surface area contributed by atoms with Crippen LogP contribution in [0.5, 0.6) is 0 Å². The van der Waals surface area contributed by atoms with Crippen LogP contribution in [0.4, 0.5) is 5.82 Å². The fraction of sp³-hybridized carbons (Fsp3) is 0.292. The van der Waals surface area contributed by atoms with Crippen molar-refractivity contribution in [3.8, 4) is 11.3 Å². The average molecular weight is 479 g/mol. The Bertz CT molecular complexity index is 1640. The Balaban J connectivity index is 1.62. The van der Waals surface area contributed by atoms with Gasteiger partial charge in [0.25, 0.3) is 0 Å². The molecule has 0 bridgehead atoms. The van der Waals surface area contributed by atoms with Crippen molar-refractivity contribution >= 4 is 34.0 Å². The predicted octanol–water partition coefficient (Wildman–Crippen LogP) is 1.55. The Morgan fingerprint density at radius 1 is 1.26 bits per heavy atom. The van der Waals surface area contributed by atoms with Crippen LogP contribution in [0.3, 0.4) is 0 Å². The van der Waals surface area contributed by atoms with Crippen molar-refractivity contribution < 1.29 is 8.42 Å². The molecule has 0 amide bonds. The van der Waals surface area contributed by atoms with Gasteiger partial charge in [0, 0.05) is 23.2 Å². The van der Waals surface area contributed by atoms with Crippen molar-refractivity contribution in [2.75, 3.05) is 11.1 Å². The zero-order valence-electron chi connectivity index (χ0n) is 18.8. The largest absolute Gasteiger partial charge is 0.367 e. The maximum Gasteiger partial charge on any atom is 0.323 e. The number of benzene rings is 1. The summed E-state index contributed by atoms with van der Waals surface area (Å²) in [6.07, 6.45) is 6.27. The molecule has 3 heterocycles. The zero-order valence-corrected chi connectivity index (χ0v) is 19.7. The molecule has 1 fully saturated rings. The maximum atomic E-state index is 12.3. The van der Waals surface area contributed by atoms with E-state index in [-0.39, 0.29) is 17.2 Å². The number of hydrogen-bond acceptors (Lipinski definition) is 6. The summed E-state index contributed by atoms with van der Waals surface area (Å²) in [6.45, 7) is 5.72. The number of fused-ring (bicyclic) bond motifs is 1. The van der Waals surface area contributed by atoms with Crippen LogP contribution in [-0.2, 0) is 15.6 Å². The number of rotatable bonds is 8. The minimum atomic E-state index is -3.16. The summed E-state index contributed by atoms with van der Waals surface area (Å²) >= 11 is 0. The molecule has 34 heavy (non-hydrogen) atoms. The molecule has 3 aromatic heterocycles. The highest BCUT2D eigenvalue weighted by molar-refractivity contribution is 7.90. The fourth-order valence-corrected chi connectivity index (χ4v) is 5.39. The molecule has 0 unspecified atom stereocenters. The number of nitrogens with zero attached hydrogens (tertiary/aromatic N) is 3. The molecular weight excluding hydrogens is 452 g/mol. The molecule has 176 valence electrons. The third-order valence-corrected chi connectivity index (χ3v) is 7.49. The van der Waals surface area contributed by atoms with Gasteiger partial charge in [0.1, 0.15) is 5.82 Å². The normalized spacial score (nSPS) is 14.7. The molecule has 1 aliphatic carbocycles. The van der Waals surface area contributed by atoms with Gasteiger partial charge >= 0.3 is 5.69 Å². The van der Waals surface area contributed by atoms with Crippen LogP contribution in [0.1, 0.15) is 37.3 Å². The second-order valence-electron chi connectivity index (χ2n) is 8.69. The molecule has 1 aliphatic rings. The molecule has 0 aliphatic heterocycles. The summed E-state index contributed by atoms with van der Waals surface area (Å²) < 4.78 is 26.4. The standard InChI is InChI=1S/C24H26N6O3S/c1-3-9-34(32,33)14-16-5-4-6-17(10-16)21-12-22(27-19-7-8-19)30-23(28-21)18(13-25-30)11-20-15(2)26-24(31)29-20/h4-6,10-13,19,27H,2-3,7-9,14H2,1H3,(H2,26,29,31)/b20-11-. The Morgan fingerprint density at radius 3 is 2.79 bits per heavy atom. The first-order valence-corrected chi connectivity index (χ1v) is 13.1. The van der Waals surface area contributed by atoms with Crippen molar-refractivity contribution in [1.29, 1.82) is 0 Å². The maximum absolute atomic E-state index is 12.3. The number of imidazole rings is 1. The highest BCUT2D eigenvalue weighted by Gasteiger charge is 2.23. The first-order valence-electron chi connectivity index (χ1n) is 11.3. The molecule has 0 saturated heterocycles. The van der Waals surface area contributed by atoms with Gasteiger partial charge in [0.15, 0.2) is 15.5 Å². The van der Waals surface area contributed by atoms with E-state index in [2.05, 4.69) is 27.0 Å². The van der Waals surface area contributed by atoms with Crippen LogP contribution in [0.25, 0.3) is 29.6 Å². The van der Waals surface area contributed by atoms with E-state index < -0.39 is 9.84 Å². The second kappa shape index (κ2) is 8.60. The lowest BCUT2D eigenvalue weighted by atomic mass is 10.1. The SMILES string of the molecule is C=c1[nH]c(=O)[nH]/c1=C\c1cnn2c(NC3CC3)cc(-c3cccc(CS(=O)(=O)CCC)c3)nc12. The highest BCUT2D eigenvalue weighted by atomic mass is 32.2. The lowest BCUT2D eigenvalue weighted by Gasteiger charge is -2.11. The number of H-pyrrole nitrogens is 2. The van der Waals surface area contributed by atoms with Crippen LogP contribution >= 0.6 is 0 Å². The summed E-state index contributed by atoms with van der Waals surface area (Å²) in [5.41, 5.74) is 3.28. The number of aromatic nitrogens is 5. The van der Waals surface area contributed by atoms with Crippen molar-refractivity contribution in [3.05, 3.63) is 68.8 Å². The third kappa shape index (κ3) is 4.67. The van der Waals surface area contributed by atoms with Gasteiger partial charge in [-0.25, -0.2) is 18.2 Å². The van der Waals surface area contributed by atoms with Crippen molar-refractivity contribution in [2.24, 2.45) is 0 Å². The molecule has 0 atom stereocenters. The smallest absolute Gasteiger partial charge is 0.323 e. The molecule has 10 heteroatoms. The summed E-state index contributed by atoms with van der Waals surface area (Å²) in [5.74, 6) is 0.980. The van der Waals surface area contributed by atoms with Crippen LogP contribution < -0.4 is 21.7 Å². The molecule has 0 spiro atoms. The van der Waals surface area contributed by atoms with Gasteiger partial charge in [0.05, 0.1) is 34.1 Å². The second-order valence-corrected chi connectivity index (χ2v) is 10.9. The Kier molecular flexibility index (Phi) is 5.60. The molecule has 9 nitrogen and oxygen atoms in total. The van der Waals surface area contributed by atoms with E-state index in [9.17, 15) is 13.2 Å². The van der Waals surface area contributed by atoms with Gasteiger partial charge in [0.2, 0.25) is 0 Å². The minimum Gasteiger partial charge on any atom is -0.367 e. The van der Waals surface area contributed by atoms with E-state index >= 15 is 0 Å². The van der Waals surface area contributed by atoms with Gasteiger partial charge in [-0.3, -0.25) is 0 Å². The Hall–Kier alpha value is -3.66. The topological polar surface area (TPSA) is 125 Å². The average Bonchev–Trinajstić information content (AvgIpc) is 3.41. The summed E-state index contributed by atoms with van der Waals surface area (Å²) in [7, 11) is -3.16. The fourth-order valence-electron chi connectivity index (χ4n) is 3.94. The third-order valence-electron chi connectivity index (χ3n) is 5.69. The van der Waals surface area contributed by atoms with E-state index in [0.717, 1.165) is 35.3 Å². The van der Waals surface area contributed by atoms with E-state index in [1.165, 1.54) is 0 Å². The van der Waals surface area contributed by atoms with Gasteiger partial charge < -0.3 is 15.3 Å². The molecule has 1 saturated carbocycles. The van der Waals surface area contributed by atoms with Crippen LogP contribution in [-0.4, -0.2) is 44.8 Å². The summed E-state index contributed by atoms with van der Waals surface area (Å²) in [5, 5.41) is 9.06. The van der Waals surface area contributed by atoms with Crippen LogP contribution in [0.2, 0.25) is 0 Å². The van der Waals surface area contributed by atoms with Crippen molar-refractivity contribution in [2.45, 2.75) is 38.0 Å². The van der Waals surface area contributed by atoms with Crippen LogP contribution in [0, 0.1) is 0 Å². The van der Waals surface area contributed by atoms with Gasteiger partial charge in [-0.15, -0.1) is 0 Å². The lowest BCUT2D eigenvalue weighted by Crippen LogP contribution is -2.22. The number of anilines is 1. The minimum absolute atomic E-state index is 0.00292. The molecule has 4 aromatic rings. The molecule has 3 N–H and O–H groups in total. The summed E-state index contributed by atoms with van der Waals surface area (Å²) in [4.78, 5) is 21.8. The van der Waals surface area contributed by atoms with E-state index in [0.29, 0.717) is 34.5 Å². The lowest BCUT2D eigenvalue weighted by molar-refractivity contribution is 0.594. The van der Waals surface area contributed by atoms with E-state index in [4.69, 9.17) is 4.98 Å². The van der Waals surface area contributed by atoms with E-state index in [1.54, 1.807) is 16.8 Å². The van der Waals surface area contributed by atoms with Crippen LogP contribution in [0.15, 0.2) is 41.3 Å². The summed E-state index contributed by atoms with van der Waals surface area (Å²) in [6, 6.07) is 9.82. The number of sulfone groups is 1.